The first kappa shape index (κ1) is 11.3. The molecule has 92 valence electrons. The highest BCUT2D eigenvalue weighted by Gasteiger charge is 2.07. The first-order valence-corrected chi connectivity index (χ1v) is 5.82. The number of carbonyl (C=O) groups is 1. The molecule has 4 heteroatoms. The Morgan fingerprint density at radius 2 is 1.74 bits per heavy atom. The normalized spacial score (nSPS) is 10.5. The van der Waals surface area contributed by atoms with Gasteiger partial charge in [-0.05, 0) is 6.07 Å². The molecule has 2 aromatic carbocycles. The van der Waals surface area contributed by atoms with Crippen LogP contribution < -0.4 is 5.69 Å². The molecule has 0 saturated carbocycles. The summed E-state index contributed by atoms with van der Waals surface area (Å²) in [4.78, 5) is 29.0. The molecule has 1 aromatic heterocycles. The monoisotopic (exact) mass is 250 g/mol. The van der Waals surface area contributed by atoms with Crippen LogP contribution in [0.2, 0.25) is 0 Å². The number of aromatic amines is 1. The Labute approximate surface area is 108 Å². The van der Waals surface area contributed by atoms with E-state index in [-0.39, 0.29) is 5.69 Å². The summed E-state index contributed by atoms with van der Waals surface area (Å²) in [5.74, 6) is 0. The molecular weight excluding hydrogens is 240 g/mol. The number of benzene rings is 2. The summed E-state index contributed by atoms with van der Waals surface area (Å²) < 4.78 is 0. The van der Waals surface area contributed by atoms with E-state index in [1.165, 1.54) is 0 Å². The van der Waals surface area contributed by atoms with Gasteiger partial charge in [0, 0.05) is 16.5 Å². The number of fused-ring (bicyclic) bond motifs is 1. The topological polar surface area (TPSA) is 62.8 Å². The number of aldehydes is 1. The number of aromatic nitrogens is 2. The SMILES string of the molecule is O=Cc1ccc(-c2nc(=O)[nH]c3ccccc23)cc1. The molecule has 1 heterocycles. The molecule has 0 bridgehead atoms. The molecule has 4 nitrogen and oxygen atoms in total. The van der Waals surface area contributed by atoms with Crippen LogP contribution in [0.3, 0.4) is 0 Å². The molecule has 0 unspecified atom stereocenters. The maximum Gasteiger partial charge on any atom is 0.345 e. The van der Waals surface area contributed by atoms with E-state index in [0.29, 0.717) is 11.3 Å². The van der Waals surface area contributed by atoms with Gasteiger partial charge in [-0.3, -0.25) is 4.79 Å². The highest BCUT2D eigenvalue weighted by atomic mass is 16.1. The van der Waals surface area contributed by atoms with E-state index < -0.39 is 0 Å². The lowest BCUT2D eigenvalue weighted by molar-refractivity contribution is 0.112. The zero-order valence-electron chi connectivity index (χ0n) is 9.96. The third kappa shape index (κ3) is 2.04. The molecule has 0 spiro atoms. The number of hydrogen-bond donors (Lipinski definition) is 1. The zero-order chi connectivity index (χ0) is 13.2. The van der Waals surface area contributed by atoms with Crippen molar-refractivity contribution in [1.29, 1.82) is 0 Å². The van der Waals surface area contributed by atoms with Gasteiger partial charge in [-0.1, -0.05) is 42.5 Å². The minimum absolute atomic E-state index is 0.381. The minimum Gasteiger partial charge on any atom is -0.305 e. The number of para-hydroxylation sites is 1. The van der Waals surface area contributed by atoms with Crippen LogP contribution in [0.5, 0.6) is 0 Å². The van der Waals surface area contributed by atoms with E-state index in [9.17, 15) is 9.59 Å². The number of hydrogen-bond acceptors (Lipinski definition) is 3. The molecule has 1 N–H and O–H groups in total. The second-order valence-electron chi connectivity index (χ2n) is 4.18. The fourth-order valence-electron chi connectivity index (χ4n) is 2.04. The molecule has 0 atom stereocenters. The van der Waals surface area contributed by atoms with Crippen LogP contribution in [0.15, 0.2) is 53.3 Å². The second kappa shape index (κ2) is 4.49. The van der Waals surface area contributed by atoms with Crippen molar-refractivity contribution in [3.05, 3.63) is 64.6 Å². The summed E-state index contributed by atoms with van der Waals surface area (Å²) in [5, 5.41) is 0.876. The van der Waals surface area contributed by atoms with E-state index in [1.54, 1.807) is 24.3 Å². The number of rotatable bonds is 2. The second-order valence-corrected chi connectivity index (χ2v) is 4.18. The largest absolute Gasteiger partial charge is 0.345 e. The van der Waals surface area contributed by atoms with Crippen molar-refractivity contribution in [3.8, 4) is 11.3 Å². The first-order chi connectivity index (χ1) is 9.28. The molecule has 0 saturated heterocycles. The van der Waals surface area contributed by atoms with Gasteiger partial charge in [0.2, 0.25) is 0 Å². The van der Waals surface area contributed by atoms with Crippen LogP contribution in [-0.2, 0) is 0 Å². The quantitative estimate of drug-likeness (QED) is 0.710. The van der Waals surface area contributed by atoms with Crippen molar-refractivity contribution < 1.29 is 4.79 Å². The lowest BCUT2D eigenvalue weighted by Crippen LogP contribution is -2.11. The molecule has 0 aliphatic rings. The van der Waals surface area contributed by atoms with Crippen molar-refractivity contribution in [2.24, 2.45) is 0 Å². The molecule has 3 rings (SSSR count). The fraction of sp³-hybridized carbons (Fsp3) is 0. The van der Waals surface area contributed by atoms with Gasteiger partial charge >= 0.3 is 5.69 Å². The Balaban J connectivity index is 2.28. The first-order valence-electron chi connectivity index (χ1n) is 5.82. The third-order valence-electron chi connectivity index (χ3n) is 2.96. The van der Waals surface area contributed by atoms with Gasteiger partial charge in [-0.2, -0.15) is 4.98 Å². The highest BCUT2D eigenvalue weighted by molar-refractivity contribution is 5.92. The average Bonchev–Trinajstić information content (AvgIpc) is 2.46. The lowest BCUT2D eigenvalue weighted by Gasteiger charge is -2.05. The summed E-state index contributed by atoms with van der Waals surface area (Å²) in [6.45, 7) is 0. The van der Waals surface area contributed by atoms with Crippen LogP contribution in [0, 0.1) is 0 Å². The molecule has 3 aromatic rings. The van der Waals surface area contributed by atoms with Crippen molar-refractivity contribution >= 4 is 17.2 Å². The smallest absolute Gasteiger partial charge is 0.305 e. The van der Waals surface area contributed by atoms with E-state index in [2.05, 4.69) is 9.97 Å². The molecule has 0 fully saturated rings. The number of nitrogens with one attached hydrogen (secondary N) is 1. The summed E-state index contributed by atoms with van der Waals surface area (Å²) in [6, 6.07) is 14.5. The average molecular weight is 250 g/mol. The van der Waals surface area contributed by atoms with Crippen LogP contribution in [-0.4, -0.2) is 16.3 Å². The van der Waals surface area contributed by atoms with E-state index in [0.717, 1.165) is 22.8 Å². The number of carbonyl (C=O) groups excluding carboxylic acids is 1. The molecule has 19 heavy (non-hydrogen) atoms. The van der Waals surface area contributed by atoms with Gasteiger partial charge in [0.1, 0.15) is 6.29 Å². The zero-order valence-corrected chi connectivity index (χ0v) is 9.96. The molecule has 0 aliphatic carbocycles. The van der Waals surface area contributed by atoms with Crippen LogP contribution in [0.25, 0.3) is 22.2 Å². The van der Waals surface area contributed by atoms with Gasteiger partial charge in [-0.25, -0.2) is 4.79 Å². The molecule has 0 amide bonds. The van der Waals surface area contributed by atoms with E-state index in [1.807, 2.05) is 24.3 Å². The Hall–Kier alpha value is -2.75. The molecule has 0 aliphatic heterocycles. The summed E-state index contributed by atoms with van der Waals surface area (Å²) in [6.07, 6.45) is 0.785. The maximum absolute atomic E-state index is 11.6. The minimum atomic E-state index is -0.381. The predicted molar refractivity (Wildman–Crippen MR) is 73.2 cm³/mol. The van der Waals surface area contributed by atoms with Crippen LogP contribution >= 0.6 is 0 Å². The number of H-pyrrole nitrogens is 1. The lowest BCUT2D eigenvalue weighted by atomic mass is 10.1. The predicted octanol–water partition coefficient (Wildman–Crippen LogP) is 2.40. The summed E-state index contributed by atoms with van der Waals surface area (Å²) >= 11 is 0. The molecular formula is C15H10N2O2. The van der Waals surface area contributed by atoms with Crippen LogP contribution in [0.4, 0.5) is 0 Å². The van der Waals surface area contributed by atoms with Gasteiger partial charge in [-0.15, -0.1) is 0 Å². The summed E-state index contributed by atoms with van der Waals surface area (Å²) in [5.41, 5.74) is 2.40. The summed E-state index contributed by atoms with van der Waals surface area (Å²) in [7, 11) is 0. The highest BCUT2D eigenvalue weighted by Crippen LogP contribution is 2.24. The van der Waals surface area contributed by atoms with Crippen molar-refractivity contribution in [1.82, 2.24) is 9.97 Å². The Bertz CT molecular complexity index is 804. The Morgan fingerprint density at radius 3 is 2.47 bits per heavy atom. The van der Waals surface area contributed by atoms with Crippen molar-refractivity contribution in [3.63, 3.8) is 0 Å². The third-order valence-corrected chi connectivity index (χ3v) is 2.96. The van der Waals surface area contributed by atoms with Gasteiger partial charge < -0.3 is 4.98 Å². The standard InChI is InChI=1S/C15H10N2O2/c18-9-10-5-7-11(8-6-10)14-12-3-1-2-4-13(12)16-15(19)17-14/h1-9H,(H,16,17,19). The molecule has 0 radical (unpaired) electrons. The van der Waals surface area contributed by atoms with Crippen molar-refractivity contribution in [2.75, 3.05) is 0 Å². The van der Waals surface area contributed by atoms with Crippen LogP contribution in [0.1, 0.15) is 10.4 Å². The van der Waals surface area contributed by atoms with Gasteiger partial charge in [0.15, 0.2) is 0 Å². The maximum atomic E-state index is 11.6. The van der Waals surface area contributed by atoms with Gasteiger partial charge in [0.05, 0.1) is 11.2 Å². The fourth-order valence-corrected chi connectivity index (χ4v) is 2.04. The Morgan fingerprint density at radius 1 is 1.00 bits per heavy atom. The van der Waals surface area contributed by atoms with Gasteiger partial charge in [0.25, 0.3) is 0 Å². The Kier molecular flexibility index (Phi) is 2.68. The number of nitrogens with zero attached hydrogens (tertiary/aromatic N) is 1. The van der Waals surface area contributed by atoms with E-state index in [4.69, 9.17) is 0 Å². The van der Waals surface area contributed by atoms with Crippen molar-refractivity contribution in [2.45, 2.75) is 0 Å². The van der Waals surface area contributed by atoms with E-state index >= 15 is 0 Å².